The Hall–Kier alpha value is -1.92. The van der Waals surface area contributed by atoms with Crippen LogP contribution in [0.2, 0.25) is 0 Å². The van der Waals surface area contributed by atoms with E-state index in [0.717, 1.165) is 32.8 Å². The highest BCUT2D eigenvalue weighted by Gasteiger charge is 2.13. The van der Waals surface area contributed by atoms with Crippen molar-refractivity contribution in [1.82, 2.24) is 4.90 Å². The number of ether oxygens (including phenoxy) is 2. The van der Waals surface area contributed by atoms with Crippen LogP contribution in [0.4, 0.5) is 0 Å². The number of primary amides is 1. The maximum atomic E-state index is 11.4. The molecule has 6 nitrogen and oxygen atoms in total. The zero-order valence-corrected chi connectivity index (χ0v) is 11.2. The third-order valence-corrected chi connectivity index (χ3v) is 3.17. The summed E-state index contributed by atoms with van der Waals surface area (Å²) < 4.78 is 10.9. The van der Waals surface area contributed by atoms with E-state index in [0.29, 0.717) is 24.2 Å². The first-order chi connectivity index (χ1) is 9.70. The molecule has 1 amide bonds. The number of carbonyl (C=O) groups excluding carboxylic acids is 2. The molecule has 0 saturated carbocycles. The molecule has 1 heterocycles. The summed E-state index contributed by atoms with van der Waals surface area (Å²) in [7, 11) is 0. The molecule has 1 aromatic rings. The second kappa shape index (κ2) is 7.02. The Kier molecular flexibility index (Phi) is 5.09. The van der Waals surface area contributed by atoms with Crippen LogP contribution in [0.1, 0.15) is 20.7 Å². The largest absolute Gasteiger partial charge is 0.491 e. The van der Waals surface area contributed by atoms with Crippen LogP contribution in [0, 0.1) is 0 Å². The fraction of sp³-hybridized carbons (Fsp3) is 0.429. The van der Waals surface area contributed by atoms with Crippen LogP contribution in [0.15, 0.2) is 18.2 Å². The molecule has 0 aliphatic carbocycles. The molecule has 2 N–H and O–H groups in total. The minimum Gasteiger partial charge on any atom is -0.491 e. The lowest BCUT2D eigenvalue weighted by Crippen LogP contribution is -2.38. The Balaban J connectivity index is 1.94. The molecular weight excluding hydrogens is 260 g/mol. The van der Waals surface area contributed by atoms with E-state index in [1.807, 2.05) is 0 Å². The Morgan fingerprint density at radius 3 is 2.80 bits per heavy atom. The first-order valence-electron chi connectivity index (χ1n) is 6.52. The Labute approximate surface area is 117 Å². The molecule has 0 radical (unpaired) electrons. The van der Waals surface area contributed by atoms with Gasteiger partial charge in [-0.25, -0.2) is 0 Å². The lowest BCUT2D eigenvalue weighted by molar-refractivity contribution is 0.0322. The number of hydrogen-bond acceptors (Lipinski definition) is 5. The van der Waals surface area contributed by atoms with Gasteiger partial charge in [-0.2, -0.15) is 0 Å². The van der Waals surface area contributed by atoms with E-state index in [9.17, 15) is 9.59 Å². The third kappa shape index (κ3) is 3.79. The van der Waals surface area contributed by atoms with Crippen LogP contribution in [-0.2, 0) is 4.74 Å². The summed E-state index contributed by atoms with van der Waals surface area (Å²) in [5.41, 5.74) is 5.93. The van der Waals surface area contributed by atoms with Crippen molar-refractivity contribution in [2.45, 2.75) is 0 Å². The van der Waals surface area contributed by atoms with Crippen molar-refractivity contribution in [3.05, 3.63) is 29.3 Å². The van der Waals surface area contributed by atoms with Crippen molar-refractivity contribution in [3.8, 4) is 5.75 Å². The topological polar surface area (TPSA) is 81.9 Å². The van der Waals surface area contributed by atoms with E-state index < -0.39 is 5.91 Å². The van der Waals surface area contributed by atoms with Gasteiger partial charge < -0.3 is 15.2 Å². The van der Waals surface area contributed by atoms with Gasteiger partial charge in [-0.3, -0.25) is 14.5 Å². The van der Waals surface area contributed by atoms with Gasteiger partial charge >= 0.3 is 0 Å². The summed E-state index contributed by atoms with van der Waals surface area (Å²) in [6, 6.07) is 4.64. The summed E-state index contributed by atoms with van der Waals surface area (Å²) >= 11 is 0. The highest BCUT2D eigenvalue weighted by Crippen LogP contribution is 2.19. The van der Waals surface area contributed by atoms with Crippen LogP contribution >= 0.6 is 0 Å². The van der Waals surface area contributed by atoms with Crippen LogP contribution in [-0.4, -0.2) is 56.5 Å². The predicted molar refractivity (Wildman–Crippen MR) is 73.1 cm³/mol. The summed E-state index contributed by atoms with van der Waals surface area (Å²) in [6.07, 6.45) is 0.671. The molecule has 0 spiro atoms. The van der Waals surface area contributed by atoms with Crippen LogP contribution < -0.4 is 10.5 Å². The number of rotatable bonds is 6. The highest BCUT2D eigenvalue weighted by molar-refractivity contribution is 5.97. The van der Waals surface area contributed by atoms with Crippen molar-refractivity contribution < 1.29 is 19.1 Å². The standard InChI is InChI=1S/C14H18N2O4/c15-14(18)12-9-11(10-17)1-2-13(12)20-8-5-16-3-6-19-7-4-16/h1-2,9-10H,3-8H2,(H2,15,18). The van der Waals surface area contributed by atoms with E-state index >= 15 is 0 Å². The summed E-state index contributed by atoms with van der Waals surface area (Å²) in [5, 5.41) is 0. The van der Waals surface area contributed by atoms with Gasteiger partial charge in [0.15, 0.2) is 0 Å². The van der Waals surface area contributed by atoms with Crippen LogP contribution in [0.25, 0.3) is 0 Å². The maximum Gasteiger partial charge on any atom is 0.252 e. The van der Waals surface area contributed by atoms with Gasteiger partial charge in [0, 0.05) is 25.2 Å². The predicted octanol–water partition coefficient (Wildman–Crippen LogP) is 0.309. The van der Waals surface area contributed by atoms with Crippen molar-refractivity contribution in [3.63, 3.8) is 0 Å². The van der Waals surface area contributed by atoms with Gasteiger partial charge in [0.25, 0.3) is 5.91 Å². The van der Waals surface area contributed by atoms with Gasteiger partial charge in [0.1, 0.15) is 18.6 Å². The molecule has 108 valence electrons. The molecule has 0 aromatic heterocycles. The fourth-order valence-corrected chi connectivity index (χ4v) is 2.05. The van der Waals surface area contributed by atoms with E-state index in [4.69, 9.17) is 15.2 Å². The minimum atomic E-state index is -0.602. The molecule has 1 aliphatic heterocycles. The number of aldehydes is 1. The summed E-state index contributed by atoms with van der Waals surface area (Å²) in [4.78, 5) is 24.3. The molecule has 1 saturated heterocycles. The Morgan fingerprint density at radius 2 is 2.15 bits per heavy atom. The summed E-state index contributed by atoms with van der Waals surface area (Å²) in [6.45, 7) is 4.46. The van der Waals surface area contributed by atoms with Gasteiger partial charge in [0.2, 0.25) is 0 Å². The van der Waals surface area contributed by atoms with Crippen LogP contribution in [0.3, 0.4) is 0 Å². The van der Waals surface area contributed by atoms with E-state index in [-0.39, 0.29) is 5.56 Å². The lowest BCUT2D eigenvalue weighted by atomic mass is 10.1. The number of nitrogens with zero attached hydrogens (tertiary/aromatic N) is 1. The molecule has 6 heteroatoms. The SMILES string of the molecule is NC(=O)c1cc(C=O)ccc1OCCN1CCOCC1. The normalized spacial score (nSPS) is 15.8. The molecule has 0 unspecified atom stereocenters. The number of amides is 1. The van der Waals surface area contributed by atoms with E-state index in [2.05, 4.69) is 4.90 Å². The zero-order chi connectivity index (χ0) is 14.4. The molecule has 2 rings (SSSR count). The minimum absolute atomic E-state index is 0.233. The number of nitrogens with two attached hydrogens (primary N) is 1. The molecule has 20 heavy (non-hydrogen) atoms. The average Bonchev–Trinajstić information content (AvgIpc) is 2.48. The van der Waals surface area contributed by atoms with E-state index in [1.54, 1.807) is 12.1 Å². The maximum absolute atomic E-state index is 11.4. The van der Waals surface area contributed by atoms with Crippen LogP contribution in [0.5, 0.6) is 5.75 Å². The first-order valence-corrected chi connectivity index (χ1v) is 6.52. The van der Waals surface area contributed by atoms with Crippen molar-refractivity contribution in [2.24, 2.45) is 5.73 Å². The fourth-order valence-electron chi connectivity index (χ4n) is 2.05. The second-order valence-corrected chi connectivity index (χ2v) is 4.54. The van der Waals surface area contributed by atoms with Gasteiger partial charge in [0.05, 0.1) is 18.8 Å². The molecule has 1 fully saturated rings. The quantitative estimate of drug-likeness (QED) is 0.757. The van der Waals surface area contributed by atoms with Crippen molar-refractivity contribution in [2.75, 3.05) is 39.5 Å². The zero-order valence-electron chi connectivity index (χ0n) is 11.2. The van der Waals surface area contributed by atoms with Gasteiger partial charge in [-0.1, -0.05) is 0 Å². The smallest absolute Gasteiger partial charge is 0.252 e. The third-order valence-electron chi connectivity index (χ3n) is 3.17. The molecule has 1 aliphatic rings. The number of benzene rings is 1. The highest BCUT2D eigenvalue weighted by atomic mass is 16.5. The Morgan fingerprint density at radius 1 is 1.40 bits per heavy atom. The van der Waals surface area contributed by atoms with Crippen molar-refractivity contribution in [1.29, 1.82) is 0 Å². The number of carbonyl (C=O) groups is 2. The number of hydrogen-bond donors (Lipinski definition) is 1. The molecule has 0 atom stereocenters. The van der Waals surface area contributed by atoms with E-state index in [1.165, 1.54) is 6.07 Å². The van der Waals surface area contributed by atoms with Gasteiger partial charge in [-0.05, 0) is 18.2 Å². The first kappa shape index (κ1) is 14.5. The average molecular weight is 278 g/mol. The van der Waals surface area contributed by atoms with Crippen molar-refractivity contribution >= 4 is 12.2 Å². The molecular formula is C14H18N2O4. The molecule has 0 bridgehead atoms. The lowest BCUT2D eigenvalue weighted by Gasteiger charge is -2.26. The number of morpholine rings is 1. The molecule has 1 aromatic carbocycles. The second-order valence-electron chi connectivity index (χ2n) is 4.54. The Bertz CT molecular complexity index is 484. The van der Waals surface area contributed by atoms with Gasteiger partial charge in [-0.15, -0.1) is 0 Å². The summed E-state index contributed by atoms with van der Waals surface area (Å²) in [5.74, 6) is -0.188. The monoisotopic (exact) mass is 278 g/mol.